The number of carbonyl (C=O) groups excluding carboxylic acids is 1. The van der Waals surface area contributed by atoms with E-state index in [-0.39, 0.29) is 5.91 Å². The summed E-state index contributed by atoms with van der Waals surface area (Å²) in [6.45, 7) is 0. The van der Waals surface area contributed by atoms with Gasteiger partial charge in [0.1, 0.15) is 5.92 Å². The Morgan fingerprint density at radius 2 is 2.00 bits per heavy atom. The number of anilines is 1. The molecule has 0 radical (unpaired) electrons. The van der Waals surface area contributed by atoms with Gasteiger partial charge in [0, 0.05) is 10.2 Å². The van der Waals surface area contributed by atoms with Crippen LogP contribution in [0.3, 0.4) is 0 Å². The van der Waals surface area contributed by atoms with Crippen LogP contribution in [-0.4, -0.2) is 5.91 Å². The van der Waals surface area contributed by atoms with Crippen molar-refractivity contribution in [2.45, 2.75) is 6.42 Å². The van der Waals surface area contributed by atoms with Gasteiger partial charge in [-0.3, -0.25) is 4.79 Å². The lowest BCUT2D eigenvalue weighted by atomic mass is 10.00. The zero-order chi connectivity index (χ0) is 15.2. The Bertz CT molecular complexity index is 682. The molecule has 0 aliphatic rings. The summed E-state index contributed by atoms with van der Waals surface area (Å²) in [5, 5.41) is 12.5. The van der Waals surface area contributed by atoms with Crippen LogP contribution in [0.15, 0.2) is 53.0 Å². The van der Waals surface area contributed by atoms with Crippen molar-refractivity contribution in [2.75, 3.05) is 5.32 Å². The number of benzene rings is 2. The molecule has 0 heterocycles. The number of carbonyl (C=O) groups is 1. The number of nitrogens with zero attached hydrogens (tertiary/aromatic N) is 1. The summed E-state index contributed by atoms with van der Waals surface area (Å²) < 4.78 is 0.693. The molecule has 1 N–H and O–H groups in total. The molecule has 1 atom stereocenters. The first-order chi connectivity index (χ1) is 10.1. The number of hydrogen-bond acceptors (Lipinski definition) is 2. The normalized spacial score (nSPS) is 11.5. The maximum Gasteiger partial charge on any atom is 0.242 e. The monoisotopic (exact) mass is 362 g/mol. The Morgan fingerprint density at radius 3 is 2.62 bits per heavy atom. The Balaban J connectivity index is 2.07. The van der Waals surface area contributed by atoms with Crippen LogP contribution < -0.4 is 5.32 Å². The number of rotatable bonds is 4. The van der Waals surface area contributed by atoms with E-state index < -0.39 is 5.92 Å². The Hall–Kier alpha value is -1.83. The molecule has 1 unspecified atom stereocenters. The highest BCUT2D eigenvalue weighted by atomic mass is 79.9. The summed E-state index contributed by atoms with van der Waals surface area (Å²) in [5.74, 6) is -1.06. The van der Waals surface area contributed by atoms with Gasteiger partial charge in [0.2, 0.25) is 5.91 Å². The van der Waals surface area contributed by atoms with Gasteiger partial charge >= 0.3 is 0 Å². The van der Waals surface area contributed by atoms with Gasteiger partial charge in [-0.25, -0.2) is 0 Å². The average Bonchev–Trinajstić information content (AvgIpc) is 2.49. The van der Waals surface area contributed by atoms with Crippen molar-refractivity contribution in [3.8, 4) is 6.07 Å². The summed E-state index contributed by atoms with van der Waals surface area (Å²) in [6.07, 6.45) is 0.387. The van der Waals surface area contributed by atoms with Gasteiger partial charge in [-0.2, -0.15) is 5.26 Å². The molecule has 106 valence electrons. The molecule has 1 amide bonds. The first-order valence-electron chi connectivity index (χ1n) is 6.29. The van der Waals surface area contributed by atoms with Gasteiger partial charge in [0.25, 0.3) is 0 Å². The molecule has 21 heavy (non-hydrogen) atoms. The summed E-state index contributed by atoms with van der Waals surface area (Å²) in [6, 6.07) is 16.6. The minimum atomic E-state index is -0.734. The summed E-state index contributed by atoms with van der Waals surface area (Å²) in [7, 11) is 0. The third-order valence-electron chi connectivity index (χ3n) is 2.94. The summed E-state index contributed by atoms with van der Waals surface area (Å²) >= 11 is 9.20. The van der Waals surface area contributed by atoms with E-state index in [1.54, 1.807) is 18.2 Å². The van der Waals surface area contributed by atoms with Crippen LogP contribution in [0.2, 0.25) is 5.02 Å². The predicted octanol–water partition coefficient (Wildman–Crippen LogP) is 4.42. The highest BCUT2D eigenvalue weighted by Gasteiger charge is 2.18. The lowest BCUT2D eigenvalue weighted by molar-refractivity contribution is -0.118. The molecule has 3 nitrogen and oxygen atoms in total. The molecule has 0 saturated carbocycles. The fraction of sp³-hybridized carbons (Fsp3) is 0.125. The Morgan fingerprint density at radius 1 is 1.29 bits per heavy atom. The van der Waals surface area contributed by atoms with E-state index in [1.165, 1.54) is 0 Å². The average molecular weight is 364 g/mol. The molecule has 0 aliphatic carbocycles. The molecule has 0 fully saturated rings. The fourth-order valence-electron chi connectivity index (χ4n) is 1.85. The van der Waals surface area contributed by atoms with Gasteiger partial charge < -0.3 is 5.32 Å². The van der Waals surface area contributed by atoms with E-state index >= 15 is 0 Å². The van der Waals surface area contributed by atoms with E-state index in [9.17, 15) is 10.1 Å². The minimum Gasteiger partial charge on any atom is -0.325 e. The third-order valence-corrected chi connectivity index (χ3v) is 4.16. The molecule has 0 saturated heterocycles. The zero-order valence-electron chi connectivity index (χ0n) is 11.0. The molecule has 2 aromatic rings. The molecule has 0 spiro atoms. The lowest BCUT2D eigenvalue weighted by Crippen LogP contribution is -2.23. The first-order valence-corrected chi connectivity index (χ1v) is 7.46. The number of amides is 1. The van der Waals surface area contributed by atoms with Crippen LogP contribution in [0.25, 0.3) is 0 Å². The van der Waals surface area contributed by atoms with Crippen molar-refractivity contribution in [1.29, 1.82) is 5.26 Å². The van der Waals surface area contributed by atoms with Crippen LogP contribution in [0.4, 0.5) is 5.69 Å². The molecule has 5 heteroatoms. The van der Waals surface area contributed by atoms with Crippen molar-refractivity contribution < 1.29 is 4.79 Å². The number of nitriles is 1. The minimum absolute atomic E-state index is 0.324. The maximum absolute atomic E-state index is 12.2. The van der Waals surface area contributed by atoms with E-state index in [1.807, 2.05) is 36.4 Å². The predicted molar refractivity (Wildman–Crippen MR) is 87.0 cm³/mol. The van der Waals surface area contributed by atoms with Crippen molar-refractivity contribution >= 4 is 39.1 Å². The van der Waals surface area contributed by atoms with Gasteiger partial charge in [-0.15, -0.1) is 0 Å². The summed E-state index contributed by atoms with van der Waals surface area (Å²) in [5.41, 5.74) is 1.56. The van der Waals surface area contributed by atoms with Crippen molar-refractivity contribution in [2.24, 2.45) is 5.92 Å². The largest absolute Gasteiger partial charge is 0.325 e. The quantitative estimate of drug-likeness (QED) is 0.874. The Labute approximate surface area is 136 Å². The SMILES string of the molecule is N#CC(Cc1ccccc1)C(=O)Nc1ccc(Cl)c(Br)c1. The van der Waals surface area contributed by atoms with Crippen LogP contribution in [-0.2, 0) is 11.2 Å². The van der Waals surface area contributed by atoms with E-state index in [0.29, 0.717) is 21.6 Å². The fourth-order valence-corrected chi connectivity index (χ4v) is 2.35. The van der Waals surface area contributed by atoms with Crippen LogP contribution >= 0.6 is 27.5 Å². The van der Waals surface area contributed by atoms with Crippen LogP contribution in [0, 0.1) is 17.2 Å². The smallest absolute Gasteiger partial charge is 0.242 e. The van der Waals surface area contributed by atoms with Gasteiger partial charge in [0.15, 0.2) is 0 Å². The highest BCUT2D eigenvalue weighted by molar-refractivity contribution is 9.10. The first kappa shape index (κ1) is 15.6. The van der Waals surface area contributed by atoms with Crippen LogP contribution in [0.1, 0.15) is 5.56 Å². The van der Waals surface area contributed by atoms with Gasteiger partial charge in [0.05, 0.1) is 11.1 Å². The molecule has 0 aromatic heterocycles. The van der Waals surface area contributed by atoms with Gasteiger partial charge in [-0.05, 0) is 46.1 Å². The topological polar surface area (TPSA) is 52.9 Å². The highest BCUT2D eigenvalue weighted by Crippen LogP contribution is 2.25. The number of nitrogens with one attached hydrogen (secondary N) is 1. The second-order valence-electron chi connectivity index (χ2n) is 4.49. The molecular formula is C16H12BrClN2O. The van der Waals surface area contributed by atoms with Gasteiger partial charge in [-0.1, -0.05) is 41.9 Å². The lowest BCUT2D eigenvalue weighted by Gasteiger charge is -2.11. The van der Waals surface area contributed by atoms with E-state index in [0.717, 1.165) is 5.56 Å². The molecule has 0 bridgehead atoms. The zero-order valence-corrected chi connectivity index (χ0v) is 13.4. The molecule has 2 rings (SSSR count). The molecule has 2 aromatic carbocycles. The van der Waals surface area contributed by atoms with Crippen molar-refractivity contribution in [3.63, 3.8) is 0 Å². The number of hydrogen-bond donors (Lipinski definition) is 1. The van der Waals surface area contributed by atoms with Crippen molar-refractivity contribution in [3.05, 3.63) is 63.6 Å². The van der Waals surface area contributed by atoms with E-state index in [4.69, 9.17) is 11.6 Å². The maximum atomic E-state index is 12.2. The second kappa shape index (κ2) is 7.26. The third kappa shape index (κ3) is 4.32. The molecular weight excluding hydrogens is 352 g/mol. The standard InChI is InChI=1S/C16H12BrClN2O/c17-14-9-13(6-7-15(14)18)20-16(21)12(10-19)8-11-4-2-1-3-5-11/h1-7,9,12H,8H2,(H,20,21). The number of halogens is 2. The van der Waals surface area contributed by atoms with Crippen LogP contribution in [0.5, 0.6) is 0 Å². The Kier molecular flexibility index (Phi) is 5.38. The van der Waals surface area contributed by atoms with Crippen molar-refractivity contribution in [1.82, 2.24) is 0 Å². The molecule has 0 aliphatic heterocycles. The van der Waals surface area contributed by atoms with E-state index in [2.05, 4.69) is 21.2 Å². The summed E-state index contributed by atoms with van der Waals surface area (Å²) in [4.78, 5) is 12.2. The second-order valence-corrected chi connectivity index (χ2v) is 5.75.